The van der Waals surface area contributed by atoms with Gasteiger partial charge >= 0.3 is 0 Å². The molecule has 2 N–H and O–H groups in total. The molecule has 2 atom stereocenters. The molecular formula is C12H14FN3S. The number of benzene rings is 1. The summed E-state index contributed by atoms with van der Waals surface area (Å²) in [6, 6.07) is 6.10. The Bertz CT molecular complexity index is 540. The van der Waals surface area contributed by atoms with Crippen LogP contribution in [0.4, 0.5) is 9.52 Å². The fourth-order valence-corrected chi connectivity index (χ4v) is 2.79. The number of aromatic nitrogens is 1. The molecular weight excluding hydrogens is 237 g/mol. The number of thiazole rings is 1. The molecule has 17 heavy (non-hydrogen) atoms. The number of hydrogen-bond acceptors (Lipinski definition) is 4. The molecule has 0 radical (unpaired) electrons. The third-order valence-electron chi connectivity index (χ3n) is 3.10. The van der Waals surface area contributed by atoms with Gasteiger partial charge in [-0.15, -0.1) is 0 Å². The van der Waals surface area contributed by atoms with Gasteiger partial charge in [0.25, 0.3) is 0 Å². The van der Waals surface area contributed by atoms with Crippen molar-refractivity contribution in [2.24, 2.45) is 0 Å². The van der Waals surface area contributed by atoms with Crippen LogP contribution in [0.1, 0.15) is 18.4 Å². The molecule has 2 unspecified atom stereocenters. The molecule has 3 rings (SSSR count). The van der Waals surface area contributed by atoms with E-state index in [1.165, 1.54) is 5.56 Å². The van der Waals surface area contributed by atoms with E-state index < -0.39 is 6.17 Å². The smallest absolute Gasteiger partial charge is 0.198 e. The number of aryl methyl sites for hydroxylation is 1. The van der Waals surface area contributed by atoms with Crippen LogP contribution in [0.15, 0.2) is 18.2 Å². The van der Waals surface area contributed by atoms with Crippen molar-refractivity contribution in [3.05, 3.63) is 23.8 Å². The van der Waals surface area contributed by atoms with E-state index in [-0.39, 0.29) is 6.04 Å². The van der Waals surface area contributed by atoms with Crippen molar-refractivity contribution >= 4 is 26.7 Å². The maximum absolute atomic E-state index is 13.0. The summed E-state index contributed by atoms with van der Waals surface area (Å²) in [6.45, 7) is 2.06. The van der Waals surface area contributed by atoms with Gasteiger partial charge in [0.15, 0.2) is 5.13 Å². The first kappa shape index (κ1) is 10.9. The molecule has 90 valence electrons. The third kappa shape index (κ3) is 2.12. The Kier molecular flexibility index (Phi) is 2.72. The first-order valence-electron chi connectivity index (χ1n) is 5.75. The van der Waals surface area contributed by atoms with Gasteiger partial charge in [-0.1, -0.05) is 17.4 Å². The zero-order valence-corrected chi connectivity index (χ0v) is 10.4. The van der Waals surface area contributed by atoms with Gasteiger partial charge in [-0.25, -0.2) is 14.8 Å². The summed E-state index contributed by atoms with van der Waals surface area (Å²) >= 11 is 1.58. The lowest BCUT2D eigenvalue weighted by atomic mass is 9.91. The van der Waals surface area contributed by atoms with Crippen LogP contribution in [0.2, 0.25) is 0 Å². The largest absolute Gasteiger partial charge is 0.297 e. The van der Waals surface area contributed by atoms with E-state index in [1.54, 1.807) is 11.3 Å². The standard InChI is InChI=1S/C12H14FN3S/c1-7-2-4-10-11(6-7)17-12(14-10)16-15-9-5-3-8(9)13/h2,4,6,8-9,15H,3,5H2,1H3,(H,14,16). The minimum Gasteiger partial charge on any atom is -0.297 e. The lowest BCUT2D eigenvalue weighted by Crippen LogP contribution is -2.47. The van der Waals surface area contributed by atoms with Gasteiger partial charge in [0.05, 0.1) is 16.3 Å². The highest BCUT2D eigenvalue weighted by Gasteiger charge is 2.30. The summed E-state index contributed by atoms with van der Waals surface area (Å²) in [6.07, 6.45) is 0.829. The first-order valence-corrected chi connectivity index (χ1v) is 6.57. The maximum atomic E-state index is 13.0. The highest BCUT2D eigenvalue weighted by molar-refractivity contribution is 7.22. The molecule has 3 nitrogen and oxygen atoms in total. The molecule has 5 heteroatoms. The lowest BCUT2D eigenvalue weighted by molar-refractivity contribution is 0.149. The van der Waals surface area contributed by atoms with Crippen molar-refractivity contribution in [2.75, 3.05) is 5.43 Å². The lowest BCUT2D eigenvalue weighted by Gasteiger charge is -2.30. The minimum absolute atomic E-state index is 0.0660. The van der Waals surface area contributed by atoms with Gasteiger partial charge in [-0.2, -0.15) is 0 Å². The van der Waals surface area contributed by atoms with Gasteiger partial charge in [0, 0.05) is 0 Å². The number of rotatable bonds is 3. The highest BCUT2D eigenvalue weighted by atomic mass is 32.1. The van der Waals surface area contributed by atoms with E-state index in [4.69, 9.17) is 0 Å². The number of nitrogens with zero attached hydrogens (tertiary/aromatic N) is 1. The Morgan fingerprint density at radius 1 is 1.41 bits per heavy atom. The Balaban J connectivity index is 1.72. The summed E-state index contributed by atoms with van der Waals surface area (Å²) in [5.74, 6) is 0. The minimum atomic E-state index is -0.723. The Morgan fingerprint density at radius 3 is 3.00 bits per heavy atom. The first-order chi connectivity index (χ1) is 8.22. The van der Waals surface area contributed by atoms with Crippen molar-refractivity contribution in [1.82, 2.24) is 10.4 Å². The summed E-state index contributed by atoms with van der Waals surface area (Å²) in [5, 5.41) is 0.796. The second-order valence-corrected chi connectivity index (χ2v) is 5.49. The third-order valence-corrected chi connectivity index (χ3v) is 4.03. The predicted molar refractivity (Wildman–Crippen MR) is 69.0 cm³/mol. The molecule has 0 aliphatic heterocycles. The van der Waals surface area contributed by atoms with Crippen LogP contribution in [0.5, 0.6) is 0 Å². The van der Waals surface area contributed by atoms with Gasteiger partial charge < -0.3 is 0 Å². The van der Waals surface area contributed by atoms with Crippen LogP contribution in [-0.4, -0.2) is 17.2 Å². The zero-order valence-electron chi connectivity index (χ0n) is 9.53. The molecule has 2 aromatic rings. The van der Waals surface area contributed by atoms with Crippen LogP contribution in [0.3, 0.4) is 0 Å². The van der Waals surface area contributed by atoms with Crippen molar-refractivity contribution in [2.45, 2.75) is 32.0 Å². The van der Waals surface area contributed by atoms with Crippen LogP contribution in [-0.2, 0) is 0 Å². The van der Waals surface area contributed by atoms with E-state index in [0.29, 0.717) is 6.42 Å². The molecule has 1 aromatic carbocycles. The molecule has 0 spiro atoms. The molecule has 1 aliphatic carbocycles. The number of fused-ring (bicyclic) bond motifs is 1. The number of nitrogens with one attached hydrogen (secondary N) is 2. The number of hydrogen-bond donors (Lipinski definition) is 2. The number of anilines is 1. The SMILES string of the molecule is Cc1ccc2nc(NNC3CCC3F)sc2c1. The Morgan fingerprint density at radius 2 is 2.29 bits per heavy atom. The fraction of sp³-hybridized carbons (Fsp3) is 0.417. The monoisotopic (exact) mass is 251 g/mol. The number of halogens is 1. The second kappa shape index (κ2) is 4.23. The van der Waals surface area contributed by atoms with Crippen molar-refractivity contribution in [3.63, 3.8) is 0 Å². The molecule has 1 heterocycles. The van der Waals surface area contributed by atoms with Crippen molar-refractivity contribution < 1.29 is 4.39 Å². The van der Waals surface area contributed by atoms with E-state index >= 15 is 0 Å². The number of alkyl halides is 1. The summed E-state index contributed by atoms with van der Waals surface area (Å²) in [4.78, 5) is 4.43. The van der Waals surface area contributed by atoms with Crippen LogP contribution in [0, 0.1) is 6.92 Å². The van der Waals surface area contributed by atoms with E-state index in [9.17, 15) is 4.39 Å². The fourth-order valence-electron chi connectivity index (χ4n) is 1.86. The van der Waals surface area contributed by atoms with Crippen LogP contribution < -0.4 is 10.9 Å². The summed E-state index contributed by atoms with van der Waals surface area (Å²) in [5.41, 5.74) is 8.19. The molecule has 1 fully saturated rings. The molecule has 0 amide bonds. The van der Waals surface area contributed by atoms with Gasteiger partial charge in [-0.05, 0) is 37.5 Å². The van der Waals surface area contributed by atoms with Gasteiger partial charge in [0.2, 0.25) is 0 Å². The van der Waals surface area contributed by atoms with Crippen molar-refractivity contribution in [3.8, 4) is 0 Å². The van der Waals surface area contributed by atoms with Crippen molar-refractivity contribution in [1.29, 1.82) is 0 Å². The summed E-state index contributed by atoms with van der Waals surface area (Å²) in [7, 11) is 0. The van der Waals surface area contributed by atoms with Crippen LogP contribution >= 0.6 is 11.3 Å². The van der Waals surface area contributed by atoms with E-state index in [0.717, 1.165) is 21.8 Å². The zero-order chi connectivity index (χ0) is 11.8. The van der Waals surface area contributed by atoms with E-state index in [2.05, 4.69) is 28.8 Å². The second-order valence-electron chi connectivity index (χ2n) is 4.46. The number of hydrazine groups is 1. The molecule has 1 aromatic heterocycles. The molecule has 0 bridgehead atoms. The normalized spacial score (nSPS) is 23.6. The quantitative estimate of drug-likeness (QED) is 0.823. The van der Waals surface area contributed by atoms with Crippen LogP contribution in [0.25, 0.3) is 10.2 Å². The predicted octanol–water partition coefficient (Wildman–Crippen LogP) is 3.02. The van der Waals surface area contributed by atoms with E-state index in [1.807, 2.05) is 12.1 Å². The average Bonchev–Trinajstić information content (AvgIpc) is 2.69. The average molecular weight is 251 g/mol. The Hall–Kier alpha value is -1.20. The topological polar surface area (TPSA) is 37.0 Å². The Labute approximate surface area is 103 Å². The highest BCUT2D eigenvalue weighted by Crippen LogP contribution is 2.27. The molecule has 1 saturated carbocycles. The van der Waals surface area contributed by atoms with Gasteiger partial charge in [-0.3, -0.25) is 5.43 Å². The molecule has 0 saturated heterocycles. The maximum Gasteiger partial charge on any atom is 0.198 e. The molecule has 1 aliphatic rings. The van der Waals surface area contributed by atoms with Gasteiger partial charge in [0.1, 0.15) is 6.17 Å². The summed E-state index contributed by atoms with van der Waals surface area (Å²) < 4.78 is 14.2.